The molecule has 2 aromatic carbocycles. The van der Waals surface area contributed by atoms with Gasteiger partial charge in [-0.3, -0.25) is 4.79 Å². The van der Waals surface area contributed by atoms with Crippen molar-refractivity contribution in [3.05, 3.63) is 94.6 Å². The lowest BCUT2D eigenvalue weighted by atomic mass is 10.1. The van der Waals surface area contributed by atoms with Gasteiger partial charge in [0.15, 0.2) is 0 Å². The first-order valence-electron chi connectivity index (χ1n) is 9.43. The number of hydrogen-bond donors (Lipinski definition) is 1. The summed E-state index contributed by atoms with van der Waals surface area (Å²) in [5, 5.41) is 4.03. The second-order valence-corrected chi connectivity index (χ2v) is 6.98. The fourth-order valence-corrected chi connectivity index (χ4v) is 3.05. The number of anilines is 1. The van der Waals surface area contributed by atoms with Gasteiger partial charge in [-0.15, -0.1) is 0 Å². The zero-order chi connectivity index (χ0) is 19.8. The molecule has 1 amide bonds. The summed E-state index contributed by atoms with van der Waals surface area (Å²) in [5.41, 5.74) is 2.93. The maximum atomic E-state index is 12.8. The summed E-state index contributed by atoms with van der Waals surface area (Å²) >= 11 is 5.90. The van der Waals surface area contributed by atoms with Crippen molar-refractivity contribution in [2.24, 2.45) is 0 Å². The Morgan fingerprint density at radius 1 is 1.00 bits per heavy atom. The van der Waals surface area contributed by atoms with Crippen molar-refractivity contribution < 1.29 is 4.79 Å². The predicted molar refractivity (Wildman–Crippen MR) is 115 cm³/mol. The van der Waals surface area contributed by atoms with Crippen molar-refractivity contribution in [3.63, 3.8) is 0 Å². The summed E-state index contributed by atoms with van der Waals surface area (Å²) < 4.78 is 0. The average molecular weight is 394 g/mol. The van der Waals surface area contributed by atoms with E-state index in [1.807, 2.05) is 78.6 Å². The lowest BCUT2D eigenvalue weighted by Crippen LogP contribution is -2.30. The third-order valence-electron chi connectivity index (χ3n) is 4.53. The second kappa shape index (κ2) is 9.90. The van der Waals surface area contributed by atoms with Gasteiger partial charge in [0.2, 0.25) is 0 Å². The Hall–Kier alpha value is -2.85. The van der Waals surface area contributed by atoms with Crippen LogP contribution in [0.5, 0.6) is 0 Å². The first-order valence-corrected chi connectivity index (χ1v) is 9.81. The van der Waals surface area contributed by atoms with Gasteiger partial charge in [-0.2, -0.15) is 0 Å². The fraction of sp³-hybridized carbons (Fsp3) is 0.217. The molecule has 0 aliphatic heterocycles. The van der Waals surface area contributed by atoms with Crippen molar-refractivity contribution in [1.29, 1.82) is 0 Å². The largest absolute Gasteiger partial charge is 0.370 e. The van der Waals surface area contributed by atoms with Crippen LogP contribution in [0.3, 0.4) is 0 Å². The Kier molecular flexibility index (Phi) is 7.04. The van der Waals surface area contributed by atoms with Gasteiger partial charge in [0.05, 0.1) is 5.56 Å². The summed E-state index contributed by atoms with van der Waals surface area (Å²) in [5.74, 6) is 0.753. The first-order chi connectivity index (χ1) is 13.7. The molecule has 0 unspecified atom stereocenters. The standard InChI is InChI=1S/C23H24ClN3O/c1-2-27(17-19-6-4-3-5-7-19)23(28)20-10-13-22(26-16-20)25-15-14-18-8-11-21(24)12-9-18/h3-13,16H,2,14-15,17H2,1H3,(H,25,26). The molecular weight excluding hydrogens is 370 g/mol. The molecule has 4 nitrogen and oxygen atoms in total. The minimum Gasteiger partial charge on any atom is -0.370 e. The molecule has 3 rings (SSSR count). The van der Waals surface area contributed by atoms with E-state index in [0.717, 1.165) is 29.4 Å². The molecule has 1 aromatic heterocycles. The highest BCUT2D eigenvalue weighted by molar-refractivity contribution is 6.30. The van der Waals surface area contributed by atoms with Crippen LogP contribution < -0.4 is 5.32 Å². The SMILES string of the molecule is CCN(Cc1ccccc1)C(=O)c1ccc(NCCc2ccc(Cl)cc2)nc1. The normalized spacial score (nSPS) is 10.5. The zero-order valence-electron chi connectivity index (χ0n) is 15.9. The number of amides is 1. The monoisotopic (exact) mass is 393 g/mol. The summed E-state index contributed by atoms with van der Waals surface area (Å²) in [7, 11) is 0. The van der Waals surface area contributed by atoms with E-state index in [4.69, 9.17) is 11.6 Å². The lowest BCUT2D eigenvalue weighted by Gasteiger charge is -2.21. The Balaban J connectivity index is 1.55. The smallest absolute Gasteiger partial charge is 0.255 e. The number of benzene rings is 2. The Morgan fingerprint density at radius 2 is 1.75 bits per heavy atom. The van der Waals surface area contributed by atoms with E-state index in [1.54, 1.807) is 6.20 Å². The van der Waals surface area contributed by atoms with Crippen LogP contribution in [0.1, 0.15) is 28.4 Å². The number of carbonyl (C=O) groups excluding carboxylic acids is 1. The summed E-state index contributed by atoms with van der Waals surface area (Å²) in [6.45, 7) is 3.99. The van der Waals surface area contributed by atoms with Gasteiger partial charge in [-0.05, 0) is 48.7 Å². The van der Waals surface area contributed by atoms with Crippen LogP contribution in [-0.4, -0.2) is 28.9 Å². The minimum atomic E-state index is -0.00781. The highest BCUT2D eigenvalue weighted by atomic mass is 35.5. The number of hydrogen-bond acceptors (Lipinski definition) is 3. The molecule has 5 heteroatoms. The number of halogens is 1. The van der Waals surface area contributed by atoms with E-state index < -0.39 is 0 Å². The Bertz CT molecular complexity index is 880. The van der Waals surface area contributed by atoms with Gasteiger partial charge in [0, 0.05) is 30.9 Å². The van der Waals surface area contributed by atoms with Gasteiger partial charge in [-0.25, -0.2) is 4.98 Å². The number of pyridine rings is 1. The Morgan fingerprint density at radius 3 is 2.39 bits per heavy atom. The third-order valence-corrected chi connectivity index (χ3v) is 4.78. The molecule has 1 heterocycles. The van der Waals surface area contributed by atoms with Gasteiger partial charge >= 0.3 is 0 Å². The highest BCUT2D eigenvalue weighted by Gasteiger charge is 2.15. The van der Waals surface area contributed by atoms with Crippen LogP contribution >= 0.6 is 11.6 Å². The first kappa shape index (κ1) is 19.9. The molecule has 144 valence electrons. The van der Waals surface area contributed by atoms with Crippen molar-refractivity contribution in [1.82, 2.24) is 9.88 Å². The maximum Gasteiger partial charge on any atom is 0.255 e. The van der Waals surface area contributed by atoms with Crippen LogP contribution in [0, 0.1) is 0 Å². The molecule has 0 aliphatic carbocycles. The molecule has 0 fully saturated rings. The van der Waals surface area contributed by atoms with Crippen LogP contribution in [-0.2, 0) is 13.0 Å². The van der Waals surface area contributed by atoms with Gasteiger partial charge < -0.3 is 10.2 Å². The van der Waals surface area contributed by atoms with E-state index in [2.05, 4.69) is 10.3 Å². The van der Waals surface area contributed by atoms with Crippen molar-refractivity contribution >= 4 is 23.3 Å². The number of rotatable bonds is 8. The highest BCUT2D eigenvalue weighted by Crippen LogP contribution is 2.13. The molecule has 0 bridgehead atoms. The topological polar surface area (TPSA) is 45.2 Å². The van der Waals surface area contributed by atoms with Gasteiger partial charge in [0.25, 0.3) is 5.91 Å². The average Bonchev–Trinajstić information content (AvgIpc) is 2.74. The zero-order valence-corrected chi connectivity index (χ0v) is 16.7. The molecule has 0 saturated heterocycles. The summed E-state index contributed by atoms with van der Waals surface area (Å²) in [6, 6.07) is 21.5. The van der Waals surface area contributed by atoms with Crippen molar-refractivity contribution in [2.45, 2.75) is 19.9 Å². The van der Waals surface area contributed by atoms with Crippen molar-refractivity contribution in [2.75, 3.05) is 18.4 Å². The van der Waals surface area contributed by atoms with Crippen molar-refractivity contribution in [3.8, 4) is 0 Å². The molecule has 0 radical (unpaired) electrons. The number of carbonyl (C=O) groups is 1. The molecule has 0 atom stereocenters. The van der Waals surface area contributed by atoms with E-state index in [1.165, 1.54) is 5.56 Å². The second-order valence-electron chi connectivity index (χ2n) is 6.54. The molecule has 0 aliphatic rings. The minimum absolute atomic E-state index is 0.00781. The summed E-state index contributed by atoms with van der Waals surface area (Å²) in [4.78, 5) is 19.0. The van der Waals surface area contributed by atoms with Gasteiger partial charge in [-0.1, -0.05) is 54.1 Å². The van der Waals surface area contributed by atoms with E-state index >= 15 is 0 Å². The number of aromatic nitrogens is 1. The lowest BCUT2D eigenvalue weighted by molar-refractivity contribution is 0.0752. The van der Waals surface area contributed by atoms with E-state index in [-0.39, 0.29) is 5.91 Å². The summed E-state index contributed by atoms with van der Waals surface area (Å²) in [6.07, 6.45) is 2.51. The molecule has 28 heavy (non-hydrogen) atoms. The molecule has 1 N–H and O–H groups in total. The van der Waals surface area contributed by atoms with Crippen LogP contribution in [0.25, 0.3) is 0 Å². The van der Waals surface area contributed by atoms with Crippen LogP contribution in [0.15, 0.2) is 72.9 Å². The number of nitrogens with zero attached hydrogens (tertiary/aromatic N) is 2. The molecule has 3 aromatic rings. The maximum absolute atomic E-state index is 12.8. The van der Waals surface area contributed by atoms with E-state index in [0.29, 0.717) is 18.7 Å². The predicted octanol–water partition coefficient (Wildman–Crippen LogP) is 5.05. The van der Waals surface area contributed by atoms with Crippen LogP contribution in [0.4, 0.5) is 5.82 Å². The number of nitrogens with one attached hydrogen (secondary N) is 1. The quantitative estimate of drug-likeness (QED) is 0.582. The van der Waals surface area contributed by atoms with Gasteiger partial charge in [0.1, 0.15) is 5.82 Å². The molecular formula is C23H24ClN3O. The fourth-order valence-electron chi connectivity index (χ4n) is 2.92. The molecule has 0 saturated carbocycles. The Labute approximate surface area is 171 Å². The van der Waals surface area contributed by atoms with E-state index in [9.17, 15) is 4.79 Å². The third kappa shape index (κ3) is 5.57. The molecule has 0 spiro atoms. The van der Waals surface area contributed by atoms with Crippen LogP contribution in [0.2, 0.25) is 5.02 Å².